The highest BCUT2D eigenvalue weighted by molar-refractivity contribution is 5.67. The third kappa shape index (κ3) is 6.28. The Bertz CT molecular complexity index is 293. The van der Waals surface area contributed by atoms with Crippen molar-refractivity contribution in [2.75, 3.05) is 6.54 Å². The van der Waals surface area contributed by atoms with Crippen LogP contribution in [-0.2, 0) is 4.74 Å². The summed E-state index contributed by atoms with van der Waals surface area (Å²) in [6, 6.07) is 0. The fourth-order valence-corrected chi connectivity index (χ4v) is 2.61. The molecule has 19 heavy (non-hydrogen) atoms. The molecule has 0 bridgehead atoms. The lowest BCUT2D eigenvalue weighted by molar-refractivity contribution is -0.00623. The molecule has 112 valence electrons. The number of alkyl carbamates (subject to hydrolysis) is 1. The second-order valence-corrected chi connectivity index (χ2v) is 7.25. The molecule has 0 aromatic carbocycles. The van der Waals surface area contributed by atoms with Gasteiger partial charge in [0.2, 0.25) is 0 Å². The van der Waals surface area contributed by atoms with Gasteiger partial charge in [-0.25, -0.2) is 4.79 Å². The minimum Gasteiger partial charge on any atom is -0.444 e. The number of ether oxygens (including phenoxy) is 1. The number of carbonyl (C=O) groups excluding carboxylic acids is 1. The molecule has 1 aliphatic carbocycles. The first kappa shape index (κ1) is 16.3. The van der Waals surface area contributed by atoms with Crippen LogP contribution in [0.3, 0.4) is 0 Å². The number of nitrogens with one attached hydrogen (secondary N) is 1. The van der Waals surface area contributed by atoms with Crippen LogP contribution < -0.4 is 5.32 Å². The average Bonchev–Trinajstić information content (AvgIpc) is 2.23. The number of carbonyl (C=O) groups is 1. The summed E-state index contributed by atoms with van der Waals surface area (Å²) in [7, 11) is 0. The van der Waals surface area contributed by atoms with Crippen molar-refractivity contribution in [3.8, 4) is 0 Å². The molecule has 0 unspecified atom stereocenters. The van der Waals surface area contributed by atoms with E-state index < -0.39 is 11.2 Å². The Labute approximate surface area is 116 Å². The van der Waals surface area contributed by atoms with Gasteiger partial charge in [0, 0.05) is 6.54 Å². The van der Waals surface area contributed by atoms with E-state index in [1.807, 2.05) is 34.6 Å². The molecule has 0 radical (unpaired) electrons. The SMILES string of the molecule is CC(C)(C)OC(=O)NCC1CCC(C(C)(C)O)CC1. The first-order chi connectivity index (χ1) is 8.58. The van der Waals surface area contributed by atoms with Crippen molar-refractivity contribution in [2.24, 2.45) is 11.8 Å². The van der Waals surface area contributed by atoms with Crippen LogP contribution in [-0.4, -0.2) is 28.9 Å². The van der Waals surface area contributed by atoms with Gasteiger partial charge in [-0.15, -0.1) is 0 Å². The monoisotopic (exact) mass is 271 g/mol. The van der Waals surface area contributed by atoms with E-state index in [1.165, 1.54) is 0 Å². The molecule has 0 saturated heterocycles. The quantitative estimate of drug-likeness (QED) is 0.829. The molecule has 0 aliphatic heterocycles. The Hall–Kier alpha value is -0.770. The molecular formula is C15H29NO3. The normalized spacial score (nSPS) is 24.9. The van der Waals surface area contributed by atoms with E-state index in [0.717, 1.165) is 25.7 Å². The molecule has 0 spiro atoms. The molecule has 1 saturated carbocycles. The lowest BCUT2D eigenvalue weighted by atomic mass is 9.75. The van der Waals surface area contributed by atoms with E-state index in [0.29, 0.717) is 18.4 Å². The minimum atomic E-state index is -0.580. The number of amides is 1. The van der Waals surface area contributed by atoms with E-state index in [2.05, 4.69) is 5.32 Å². The Morgan fingerprint density at radius 2 is 1.68 bits per heavy atom. The highest BCUT2D eigenvalue weighted by Gasteiger charge is 2.31. The summed E-state index contributed by atoms with van der Waals surface area (Å²) in [5, 5.41) is 12.8. The van der Waals surface area contributed by atoms with Crippen LogP contribution in [0, 0.1) is 11.8 Å². The van der Waals surface area contributed by atoms with Gasteiger partial charge in [0.05, 0.1) is 5.60 Å². The molecule has 0 aromatic heterocycles. The third-order valence-electron chi connectivity index (χ3n) is 3.78. The fourth-order valence-electron chi connectivity index (χ4n) is 2.61. The van der Waals surface area contributed by atoms with Crippen molar-refractivity contribution in [3.05, 3.63) is 0 Å². The van der Waals surface area contributed by atoms with Gasteiger partial charge in [0.1, 0.15) is 5.60 Å². The summed E-state index contributed by atoms with van der Waals surface area (Å²) in [6.07, 6.45) is 3.85. The number of rotatable bonds is 3. The topological polar surface area (TPSA) is 58.6 Å². The van der Waals surface area contributed by atoms with Crippen LogP contribution in [0.1, 0.15) is 60.3 Å². The number of aliphatic hydroxyl groups is 1. The molecule has 1 fully saturated rings. The molecule has 1 aliphatic rings. The van der Waals surface area contributed by atoms with Crippen LogP contribution in [0.5, 0.6) is 0 Å². The maximum atomic E-state index is 11.6. The van der Waals surface area contributed by atoms with Gasteiger partial charge in [-0.05, 0) is 72.1 Å². The fraction of sp³-hybridized carbons (Fsp3) is 0.933. The van der Waals surface area contributed by atoms with Crippen LogP contribution in [0.15, 0.2) is 0 Å². The van der Waals surface area contributed by atoms with E-state index in [9.17, 15) is 9.90 Å². The molecule has 2 N–H and O–H groups in total. The largest absolute Gasteiger partial charge is 0.444 e. The van der Waals surface area contributed by atoms with Crippen molar-refractivity contribution < 1.29 is 14.6 Å². The van der Waals surface area contributed by atoms with Gasteiger partial charge in [0.15, 0.2) is 0 Å². The maximum absolute atomic E-state index is 11.6. The molecule has 1 rings (SSSR count). The molecular weight excluding hydrogens is 242 g/mol. The summed E-state index contributed by atoms with van der Waals surface area (Å²) in [4.78, 5) is 11.6. The molecule has 0 aromatic rings. The van der Waals surface area contributed by atoms with Gasteiger partial charge in [0.25, 0.3) is 0 Å². The highest BCUT2D eigenvalue weighted by atomic mass is 16.6. The van der Waals surface area contributed by atoms with Crippen LogP contribution >= 0.6 is 0 Å². The van der Waals surface area contributed by atoms with Crippen molar-refractivity contribution in [1.29, 1.82) is 0 Å². The Morgan fingerprint density at radius 1 is 1.16 bits per heavy atom. The second kappa shape index (κ2) is 6.12. The second-order valence-electron chi connectivity index (χ2n) is 7.25. The first-order valence-electron chi connectivity index (χ1n) is 7.27. The third-order valence-corrected chi connectivity index (χ3v) is 3.78. The van der Waals surface area contributed by atoms with Gasteiger partial charge < -0.3 is 15.2 Å². The van der Waals surface area contributed by atoms with Gasteiger partial charge in [-0.1, -0.05) is 0 Å². The number of hydrogen-bond donors (Lipinski definition) is 2. The lowest BCUT2D eigenvalue weighted by Gasteiger charge is -2.35. The number of hydrogen-bond acceptors (Lipinski definition) is 3. The molecule has 0 atom stereocenters. The lowest BCUT2D eigenvalue weighted by Crippen LogP contribution is -2.38. The van der Waals surface area contributed by atoms with Crippen molar-refractivity contribution in [2.45, 2.75) is 71.5 Å². The Morgan fingerprint density at radius 3 is 2.11 bits per heavy atom. The summed E-state index contributed by atoms with van der Waals surface area (Å²) in [5.41, 5.74) is -1.02. The van der Waals surface area contributed by atoms with E-state index in [4.69, 9.17) is 4.74 Å². The summed E-state index contributed by atoms with van der Waals surface area (Å²) in [6.45, 7) is 10.0. The summed E-state index contributed by atoms with van der Waals surface area (Å²) < 4.78 is 5.21. The van der Waals surface area contributed by atoms with E-state index in [1.54, 1.807) is 0 Å². The van der Waals surface area contributed by atoms with Gasteiger partial charge in [-0.2, -0.15) is 0 Å². The zero-order valence-corrected chi connectivity index (χ0v) is 13.0. The average molecular weight is 271 g/mol. The predicted octanol–water partition coefficient (Wildman–Crippen LogP) is 3.09. The minimum absolute atomic E-state index is 0.336. The molecule has 1 amide bonds. The molecule has 0 heterocycles. The van der Waals surface area contributed by atoms with Crippen molar-refractivity contribution in [3.63, 3.8) is 0 Å². The van der Waals surface area contributed by atoms with Crippen LogP contribution in [0.4, 0.5) is 4.79 Å². The predicted molar refractivity (Wildman–Crippen MR) is 76.0 cm³/mol. The highest BCUT2D eigenvalue weighted by Crippen LogP contribution is 2.34. The summed E-state index contributed by atoms with van der Waals surface area (Å²) in [5.74, 6) is 0.886. The first-order valence-corrected chi connectivity index (χ1v) is 7.27. The van der Waals surface area contributed by atoms with Gasteiger partial charge in [-0.3, -0.25) is 0 Å². The van der Waals surface area contributed by atoms with Crippen LogP contribution in [0.2, 0.25) is 0 Å². The zero-order chi connectivity index (χ0) is 14.7. The zero-order valence-electron chi connectivity index (χ0n) is 13.0. The van der Waals surface area contributed by atoms with E-state index >= 15 is 0 Å². The standard InChI is InChI=1S/C15H29NO3/c1-14(2,3)19-13(17)16-10-11-6-8-12(9-7-11)15(4,5)18/h11-12,18H,6-10H2,1-5H3,(H,16,17). The molecule has 4 heteroatoms. The Kier molecular flexibility index (Phi) is 5.25. The van der Waals surface area contributed by atoms with Crippen molar-refractivity contribution >= 4 is 6.09 Å². The summed E-state index contributed by atoms with van der Waals surface area (Å²) >= 11 is 0. The maximum Gasteiger partial charge on any atom is 0.407 e. The smallest absolute Gasteiger partial charge is 0.407 e. The van der Waals surface area contributed by atoms with E-state index in [-0.39, 0.29) is 6.09 Å². The van der Waals surface area contributed by atoms with Crippen LogP contribution in [0.25, 0.3) is 0 Å². The Balaban J connectivity index is 2.25. The van der Waals surface area contributed by atoms with Crippen molar-refractivity contribution in [1.82, 2.24) is 5.32 Å². The van der Waals surface area contributed by atoms with Gasteiger partial charge >= 0.3 is 6.09 Å². The molecule has 4 nitrogen and oxygen atoms in total.